The van der Waals surface area contributed by atoms with Gasteiger partial charge in [0.1, 0.15) is 5.69 Å². The molecule has 18 heavy (non-hydrogen) atoms. The second-order valence-corrected chi connectivity index (χ2v) is 4.52. The van der Waals surface area contributed by atoms with Crippen LogP contribution in [0.25, 0.3) is 0 Å². The summed E-state index contributed by atoms with van der Waals surface area (Å²) < 4.78 is 37.1. The summed E-state index contributed by atoms with van der Waals surface area (Å²) in [6, 6.07) is 2.08. The first-order valence-corrected chi connectivity index (χ1v) is 5.63. The van der Waals surface area contributed by atoms with Crippen LogP contribution in [0.15, 0.2) is 18.3 Å². The van der Waals surface area contributed by atoms with E-state index in [-0.39, 0.29) is 0 Å². The predicted octanol–water partition coefficient (Wildman–Crippen LogP) is 3.00. The zero-order valence-corrected chi connectivity index (χ0v) is 9.50. The molecule has 1 fully saturated rings. The zero-order valence-electron chi connectivity index (χ0n) is 9.50. The van der Waals surface area contributed by atoms with Crippen LogP contribution in [-0.2, 0) is 16.4 Å². The Morgan fingerprint density at radius 3 is 2.28 bits per heavy atom. The number of carboxylic acids is 1. The molecule has 0 unspecified atom stereocenters. The summed E-state index contributed by atoms with van der Waals surface area (Å²) in [6.45, 7) is 0. The second kappa shape index (κ2) is 4.26. The van der Waals surface area contributed by atoms with Crippen LogP contribution in [0.4, 0.5) is 13.2 Å². The Bertz CT molecular complexity index is 447. The van der Waals surface area contributed by atoms with Gasteiger partial charge in [0, 0.05) is 6.20 Å². The van der Waals surface area contributed by atoms with Crippen LogP contribution < -0.4 is 0 Å². The van der Waals surface area contributed by atoms with Gasteiger partial charge in [-0.25, -0.2) is 0 Å². The minimum Gasteiger partial charge on any atom is -0.481 e. The van der Waals surface area contributed by atoms with E-state index >= 15 is 0 Å². The fraction of sp³-hybridized carbons (Fsp3) is 0.500. The molecular formula is C12H12F3NO2. The van der Waals surface area contributed by atoms with Gasteiger partial charge in [-0.15, -0.1) is 0 Å². The monoisotopic (exact) mass is 259 g/mol. The molecule has 0 aromatic carbocycles. The molecule has 1 N–H and O–H groups in total. The van der Waals surface area contributed by atoms with Crippen molar-refractivity contribution in [2.45, 2.75) is 37.3 Å². The number of alkyl halides is 3. The van der Waals surface area contributed by atoms with Gasteiger partial charge < -0.3 is 5.11 Å². The number of carbonyl (C=O) groups is 1. The maximum atomic E-state index is 12.4. The Kier molecular flexibility index (Phi) is 3.04. The van der Waals surface area contributed by atoms with Crippen LogP contribution in [0.3, 0.4) is 0 Å². The minimum atomic E-state index is -4.50. The lowest BCUT2D eigenvalue weighted by molar-refractivity contribution is -0.143. The van der Waals surface area contributed by atoms with Crippen molar-refractivity contribution in [1.82, 2.24) is 4.98 Å². The molecule has 0 spiro atoms. The number of aliphatic carboxylic acids is 1. The topological polar surface area (TPSA) is 50.2 Å². The third-order valence-electron chi connectivity index (χ3n) is 3.47. The van der Waals surface area contributed by atoms with Crippen LogP contribution in [-0.4, -0.2) is 16.1 Å². The maximum absolute atomic E-state index is 12.4. The Labute approximate surface area is 102 Å². The molecule has 1 aliphatic rings. The van der Waals surface area contributed by atoms with Gasteiger partial charge in [-0.2, -0.15) is 13.2 Å². The van der Waals surface area contributed by atoms with Gasteiger partial charge in [0.15, 0.2) is 0 Å². The van der Waals surface area contributed by atoms with Crippen molar-refractivity contribution in [3.8, 4) is 0 Å². The first-order chi connectivity index (χ1) is 8.36. The second-order valence-electron chi connectivity index (χ2n) is 4.52. The highest BCUT2D eigenvalue weighted by atomic mass is 19.4. The standard InChI is InChI=1S/C12H12F3NO2/c13-12(14,15)9-4-3-8(7-16-9)11(10(17)18)5-1-2-6-11/h3-4,7H,1-2,5-6H2,(H,17,18). The largest absolute Gasteiger partial charge is 0.481 e. The van der Waals surface area contributed by atoms with Gasteiger partial charge in [-0.3, -0.25) is 9.78 Å². The molecule has 0 saturated heterocycles. The molecule has 1 saturated carbocycles. The van der Waals surface area contributed by atoms with Crippen molar-refractivity contribution in [3.05, 3.63) is 29.6 Å². The smallest absolute Gasteiger partial charge is 0.433 e. The fourth-order valence-corrected chi connectivity index (χ4v) is 2.45. The van der Waals surface area contributed by atoms with E-state index in [0.717, 1.165) is 25.1 Å². The number of pyridine rings is 1. The van der Waals surface area contributed by atoms with Gasteiger partial charge in [-0.05, 0) is 24.5 Å². The van der Waals surface area contributed by atoms with E-state index in [9.17, 15) is 23.1 Å². The summed E-state index contributed by atoms with van der Waals surface area (Å²) in [6.07, 6.45) is -1.00. The number of aromatic nitrogens is 1. The molecule has 6 heteroatoms. The van der Waals surface area contributed by atoms with Crippen LogP contribution in [0, 0.1) is 0 Å². The summed E-state index contributed by atoms with van der Waals surface area (Å²) in [5, 5.41) is 9.30. The highest BCUT2D eigenvalue weighted by Crippen LogP contribution is 2.41. The van der Waals surface area contributed by atoms with Crippen LogP contribution in [0.5, 0.6) is 0 Å². The fourth-order valence-electron chi connectivity index (χ4n) is 2.45. The molecule has 0 radical (unpaired) electrons. The molecule has 1 heterocycles. The Hall–Kier alpha value is -1.59. The Morgan fingerprint density at radius 2 is 1.89 bits per heavy atom. The summed E-state index contributed by atoms with van der Waals surface area (Å²) in [5.74, 6) is -0.985. The highest BCUT2D eigenvalue weighted by molar-refractivity contribution is 5.81. The first-order valence-electron chi connectivity index (χ1n) is 5.63. The van der Waals surface area contributed by atoms with Crippen molar-refractivity contribution in [2.24, 2.45) is 0 Å². The summed E-state index contributed by atoms with van der Waals surface area (Å²) in [5.41, 5.74) is -1.69. The van der Waals surface area contributed by atoms with E-state index in [2.05, 4.69) is 4.98 Å². The molecule has 0 amide bonds. The number of carboxylic acid groups (broad SMARTS) is 1. The third-order valence-corrected chi connectivity index (χ3v) is 3.47. The van der Waals surface area contributed by atoms with E-state index in [4.69, 9.17) is 0 Å². The number of hydrogen-bond donors (Lipinski definition) is 1. The highest BCUT2D eigenvalue weighted by Gasteiger charge is 2.43. The normalized spacial score (nSPS) is 18.8. The van der Waals surface area contributed by atoms with E-state index in [1.54, 1.807) is 0 Å². The summed E-state index contributed by atoms with van der Waals surface area (Å²) in [4.78, 5) is 14.7. The van der Waals surface area contributed by atoms with Crippen molar-refractivity contribution in [2.75, 3.05) is 0 Å². The molecule has 98 valence electrons. The van der Waals surface area contributed by atoms with Crippen molar-refractivity contribution in [3.63, 3.8) is 0 Å². The van der Waals surface area contributed by atoms with Crippen molar-refractivity contribution in [1.29, 1.82) is 0 Å². The van der Waals surface area contributed by atoms with Crippen molar-refractivity contribution >= 4 is 5.97 Å². The van der Waals surface area contributed by atoms with Crippen molar-refractivity contribution < 1.29 is 23.1 Å². The van der Waals surface area contributed by atoms with Crippen LogP contribution in [0.1, 0.15) is 36.9 Å². The molecule has 1 aromatic rings. The molecule has 2 rings (SSSR count). The lowest BCUT2D eigenvalue weighted by Crippen LogP contribution is -2.32. The molecule has 0 aliphatic heterocycles. The quantitative estimate of drug-likeness (QED) is 0.888. The van der Waals surface area contributed by atoms with Gasteiger partial charge >= 0.3 is 12.1 Å². The van der Waals surface area contributed by atoms with Crippen LogP contribution in [0.2, 0.25) is 0 Å². The molecule has 0 bridgehead atoms. The lowest BCUT2D eigenvalue weighted by Gasteiger charge is -2.24. The van der Waals surface area contributed by atoms with Gasteiger partial charge in [0.2, 0.25) is 0 Å². The third kappa shape index (κ3) is 2.07. The summed E-state index contributed by atoms with van der Waals surface area (Å²) >= 11 is 0. The Balaban J connectivity index is 2.36. The summed E-state index contributed by atoms with van der Waals surface area (Å²) in [7, 11) is 0. The first kappa shape index (κ1) is 12.9. The number of rotatable bonds is 2. The van der Waals surface area contributed by atoms with E-state index in [1.807, 2.05) is 0 Å². The Morgan fingerprint density at radius 1 is 1.28 bits per heavy atom. The molecule has 3 nitrogen and oxygen atoms in total. The average Bonchev–Trinajstić information content (AvgIpc) is 2.78. The van der Waals surface area contributed by atoms with Gasteiger partial charge in [-0.1, -0.05) is 18.9 Å². The molecule has 1 aliphatic carbocycles. The van der Waals surface area contributed by atoms with E-state index in [0.29, 0.717) is 18.4 Å². The predicted molar refractivity (Wildman–Crippen MR) is 57.0 cm³/mol. The average molecular weight is 259 g/mol. The molecule has 0 atom stereocenters. The number of halogens is 3. The minimum absolute atomic E-state index is 0.362. The van der Waals surface area contributed by atoms with E-state index in [1.165, 1.54) is 6.07 Å². The van der Waals surface area contributed by atoms with Crippen LogP contribution >= 0.6 is 0 Å². The van der Waals surface area contributed by atoms with Gasteiger partial charge in [0.05, 0.1) is 5.41 Å². The maximum Gasteiger partial charge on any atom is 0.433 e. The molecule has 1 aromatic heterocycles. The van der Waals surface area contributed by atoms with E-state index < -0.39 is 23.3 Å². The zero-order chi connectivity index (χ0) is 13.4. The molecular weight excluding hydrogens is 247 g/mol. The number of hydrogen-bond acceptors (Lipinski definition) is 2. The van der Waals surface area contributed by atoms with Gasteiger partial charge in [0.25, 0.3) is 0 Å². The number of nitrogens with zero attached hydrogens (tertiary/aromatic N) is 1. The SMILES string of the molecule is O=C(O)C1(c2ccc(C(F)(F)F)nc2)CCCC1. The lowest BCUT2D eigenvalue weighted by atomic mass is 9.80.